The van der Waals surface area contributed by atoms with Crippen LogP contribution in [-0.4, -0.2) is 12.1 Å². The fourth-order valence-corrected chi connectivity index (χ4v) is 3.71. The van der Waals surface area contributed by atoms with Gasteiger partial charge >= 0.3 is 0 Å². The summed E-state index contributed by atoms with van der Waals surface area (Å²) in [6.45, 7) is 29.3. The molecule has 0 amide bonds. The van der Waals surface area contributed by atoms with Gasteiger partial charge in [-0.25, -0.2) is 0 Å². The molecule has 1 rings (SSSR count). The second-order valence-electron chi connectivity index (χ2n) is 10.1. The molecule has 1 aliphatic heterocycles. The van der Waals surface area contributed by atoms with Gasteiger partial charge in [-0.05, 0) is 55.3 Å². The maximum absolute atomic E-state index is 4.56. The lowest BCUT2D eigenvalue weighted by molar-refractivity contribution is -0.0199. The average Bonchev–Trinajstić information content (AvgIpc) is 2.41. The lowest BCUT2D eigenvalue weighted by atomic mass is 9.53. The first-order chi connectivity index (χ1) is 10.2. The molecule has 0 aromatic heterocycles. The largest absolute Gasteiger partial charge is 0.311 e. The second kappa shape index (κ2) is 6.39. The molecule has 23 heavy (non-hydrogen) atoms. The summed E-state index contributed by atoms with van der Waals surface area (Å²) in [5.41, 5.74) is 2.12. The van der Waals surface area contributed by atoms with Crippen molar-refractivity contribution >= 4 is 0 Å². The van der Waals surface area contributed by atoms with E-state index in [9.17, 15) is 0 Å². The van der Waals surface area contributed by atoms with E-state index in [0.717, 1.165) is 6.54 Å². The Kier molecular flexibility index (Phi) is 5.69. The summed E-state index contributed by atoms with van der Waals surface area (Å²) in [4.78, 5) is 0. The van der Waals surface area contributed by atoms with Gasteiger partial charge in [-0.1, -0.05) is 72.8 Å². The van der Waals surface area contributed by atoms with Crippen LogP contribution in [0.15, 0.2) is 24.3 Å². The van der Waals surface area contributed by atoms with E-state index in [1.165, 1.54) is 12.0 Å². The van der Waals surface area contributed by atoms with Gasteiger partial charge in [-0.2, -0.15) is 0 Å². The third-order valence-electron chi connectivity index (χ3n) is 7.51. The van der Waals surface area contributed by atoms with E-state index in [4.69, 9.17) is 0 Å². The lowest BCUT2D eigenvalue weighted by Crippen LogP contribution is -2.61. The predicted octanol–water partition coefficient (Wildman–Crippen LogP) is 6.22. The molecule has 0 saturated carbocycles. The molecule has 0 aliphatic carbocycles. The first-order valence-corrected chi connectivity index (χ1v) is 9.26. The molecule has 1 nitrogen and oxygen atoms in total. The minimum Gasteiger partial charge on any atom is -0.311 e. The van der Waals surface area contributed by atoms with Gasteiger partial charge in [0.05, 0.1) is 0 Å². The van der Waals surface area contributed by atoms with Crippen molar-refractivity contribution in [3.8, 4) is 0 Å². The fraction of sp³-hybridized carbons (Fsp3) is 0.818. The highest BCUT2D eigenvalue weighted by Crippen LogP contribution is 2.54. The van der Waals surface area contributed by atoms with E-state index in [0.29, 0.717) is 11.8 Å². The molecule has 1 heteroatoms. The maximum atomic E-state index is 4.56. The lowest BCUT2D eigenvalue weighted by Gasteiger charge is -2.57. The van der Waals surface area contributed by atoms with Gasteiger partial charge in [0.25, 0.3) is 0 Å². The standard InChI is InChI=1S/C22H41N/c1-12-13-16(2)17(3)18-14-19(4,5)20(6,7)15-23-22(10,11)21(18,8)9/h12-13,16,18,23H,3,14-15H2,1-2,4-11H3. The van der Waals surface area contributed by atoms with Crippen LogP contribution in [0.25, 0.3) is 0 Å². The van der Waals surface area contributed by atoms with Crippen molar-refractivity contribution in [2.45, 2.75) is 81.2 Å². The Bertz CT molecular complexity index is 460. The molecular formula is C22H41N. The van der Waals surface area contributed by atoms with Crippen molar-refractivity contribution in [1.29, 1.82) is 0 Å². The summed E-state index contributed by atoms with van der Waals surface area (Å²) < 4.78 is 0. The van der Waals surface area contributed by atoms with Gasteiger partial charge in [0.15, 0.2) is 0 Å². The van der Waals surface area contributed by atoms with E-state index in [1.54, 1.807) is 0 Å². The summed E-state index contributed by atoms with van der Waals surface area (Å²) in [6.07, 6.45) is 5.64. The summed E-state index contributed by atoms with van der Waals surface area (Å²) in [5.74, 6) is 0.921. The topological polar surface area (TPSA) is 12.0 Å². The molecule has 1 fully saturated rings. The van der Waals surface area contributed by atoms with Crippen LogP contribution in [0.4, 0.5) is 0 Å². The van der Waals surface area contributed by atoms with Crippen LogP contribution in [0.2, 0.25) is 0 Å². The van der Waals surface area contributed by atoms with Crippen LogP contribution in [0.1, 0.15) is 75.7 Å². The Hall–Kier alpha value is -0.560. The van der Waals surface area contributed by atoms with E-state index in [2.05, 4.69) is 93.3 Å². The quantitative estimate of drug-likeness (QED) is 0.609. The second-order valence-corrected chi connectivity index (χ2v) is 10.1. The first-order valence-electron chi connectivity index (χ1n) is 9.26. The fourth-order valence-electron chi connectivity index (χ4n) is 3.71. The Morgan fingerprint density at radius 1 is 1.04 bits per heavy atom. The number of nitrogens with one attached hydrogen (secondary N) is 1. The normalized spacial score (nSPS) is 30.4. The zero-order valence-corrected chi connectivity index (χ0v) is 17.4. The Balaban J connectivity index is 3.37. The van der Waals surface area contributed by atoms with Gasteiger partial charge in [0.1, 0.15) is 0 Å². The van der Waals surface area contributed by atoms with Crippen molar-refractivity contribution in [3.63, 3.8) is 0 Å². The summed E-state index contributed by atoms with van der Waals surface area (Å²) in [6, 6.07) is 0. The number of rotatable bonds is 3. The maximum Gasteiger partial charge on any atom is 0.0182 e. The predicted molar refractivity (Wildman–Crippen MR) is 105 cm³/mol. The van der Waals surface area contributed by atoms with Crippen LogP contribution in [0.5, 0.6) is 0 Å². The number of hydrogen-bond acceptors (Lipinski definition) is 1. The van der Waals surface area contributed by atoms with E-state index in [1.807, 2.05) is 0 Å². The van der Waals surface area contributed by atoms with Crippen molar-refractivity contribution in [2.75, 3.05) is 6.54 Å². The minimum absolute atomic E-state index is 0.0734. The highest BCUT2D eigenvalue weighted by Gasteiger charge is 2.51. The van der Waals surface area contributed by atoms with Gasteiger partial charge in [0, 0.05) is 12.1 Å². The molecule has 0 spiro atoms. The molecule has 0 bridgehead atoms. The van der Waals surface area contributed by atoms with Crippen molar-refractivity contribution in [1.82, 2.24) is 5.32 Å². The van der Waals surface area contributed by atoms with Crippen LogP contribution in [0.3, 0.4) is 0 Å². The third-order valence-corrected chi connectivity index (χ3v) is 7.51. The molecule has 2 atom stereocenters. The zero-order chi connectivity index (χ0) is 18.3. The molecule has 1 N–H and O–H groups in total. The van der Waals surface area contributed by atoms with Crippen molar-refractivity contribution in [3.05, 3.63) is 24.3 Å². The van der Waals surface area contributed by atoms with Crippen molar-refractivity contribution < 1.29 is 0 Å². The number of allylic oxidation sites excluding steroid dienone is 3. The van der Waals surface area contributed by atoms with Crippen LogP contribution in [0, 0.1) is 28.1 Å². The Morgan fingerprint density at radius 2 is 1.57 bits per heavy atom. The van der Waals surface area contributed by atoms with E-state index < -0.39 is 0 Å². The van der Waals surface area contributed by atoms with Crippen molar-refractivity contribution in [2.24, 2.45) is 28.1 Å². The Morgan fingerprint density at radius 3 is 2.04 bits per heavy atom. The Labute approximate surface area is 146 Å². The van der Waals surface area contributed by atoms with Gasteiger partial charge < -0.3 is 5.32 Å². The zero-order valence-electron chi connectivity index (χ0n) is 17.4. The average molecular weight is 320 g/mol. The first kappa shape index (κ1) is 20.5. The molecule has 1 saturated heterocycles. The molecule has 1 aliphatic rings. The molecule has 0 aromatic rings. The van der Waals surface area contributed by atoms with Gasteiger partial charge in [-0.15, -0.1) is 0 Å². The summed E-state index contributed by atoms with van der Waals surface area (Å²) >= 11 is 0. The van der Waals surface area contributed by atoms with Crippen LogP contribution >= 0.6 is 0 Å². The SMILES string of the molecule is C=C(C(C)C=CC)C1CC(C)(C)C(C)(C)CNC(C)(C)C1(C)C. The molecule has 0 radical (unpaired) electrons. The summed E-state index contributed by atoms with van der Waals surface area (Å²) in [5, 5.41) is 3.89. The minimum atomic E-state index is 0.0734. The monoisotopic (exact) mass is 319 g/mol. The van der Waals surface area contributed by atoms with Gasteiger partial charge in [0.2, 0.25) is 0 Å². The highest BCUT2D eigenvalue weighted by atomic mass is 15.0. The highest BCUT2D eigenvalue weighted by molar-refractivity contribution is 5.19. The molecule has 134 valence electrons. The van der Waals surface area contributed by atoms with Crippen LogP contribution < -0.4 is 5.32 Å². The molecule has 2 unspecified atom stereocenters. The molecular weight excluding hydrogens is 278 g/mol. The van der Waals surface area contributed by atoms with Crippen LogP contribution in [-0.2, 0) is 0 Å². The molecule has 1 heterocycles. The molecule has 0 aromatic carbocycles. The van der Waals surface area contributed by atoms with Gasteiger partial charge in [-0.3, -0.25) is 0 Å². The van der Waals surface area contributed by atoms with E-state index >= 15 is 0 Å². The summed E-state index contributed by atoms with van der Waals surface area (Å²) in [7, 11) is 0. The smallest absolute Gasteiger partial charge is 0.0182 e. The van der Waals surface area contributed by atoms with E-state index in [-0.39, 0.29) is 21.8 Å². The number of hydrogen-bond donors (Lipinski definition) is 1. The third kappa shape index (κ3) is 3.76.